The number of benzene rings is 2. The quantitative estimate of drug-likeness (QED) is 0.387. The Morgan fingerprint density at radius 1 is 1.09 bits per heavy atom. The van der Waals surface area contributed by atoms with Crippen LogP contribution in [0.1, 0.15) is 23.4 Å². The molecule has 3 aromatic heterocycles. The SMILES string of the molecule is [B]c1cnn2c(NC3CCN(C(=O)c4cc5ccccc5o4)CC3)cc(-c3ccccc3Cl)nc12. The van der Waals surface area contributed by atoms with Crippen LogP contribution >= 0.6 is 11.6 Å². The highest BCUT2D eigenvalue weighted by molar-refractivity contribution is 6.36. The van der Waals surface area contributed by atoms with Crippen LogP contribution in [-0.2, 0) is 0 Å². The summed E-state index contributed by atoms with van der Waals surface area (Å²) < 4.78 is 7.48. The molecule has 1 aliphatic rings. The smallest absolute Gasteiger partial charge is 0.289 e. The summed E-state index contributed by atoms with van der Waals surface area (Å²) in [5.41, 5.74) is 3.33. The minimum Gasteiger partial charge on any atom is -0.451 e. The Hall–Kier alpha value is -3.78. The largest absolute Gasteiger partial charge is 0.451 e. The molecule has 7 nitrogen and oxygen atoms in total. The van der Waals surface area contributed by atoms with Crippen LogP contribution in [0, 0.1) is 0 Å². The van der Waals surface area contributed by atoms with Crippen LogP contribution in [0.3, 0.4) is 0 Å². The standard InChI is InChI=1S/C26H21BClN5O2/c27-19-15-29-33-24(14-21(31-25(19)33)18-6-2-3-7-20(18)28)30-17-9-11-32(12-10-17)26(34)23-13-16-5-1-4-8-22(16)35-23/h1-8,13-15,17,30H,9-12H2. The van der Waals surface area contributed by atoms with Gasteiger partial charge in [-0.25, -0.2) is 4.98 Å². The summed E-state index contributed by atoms with van der Waals surface area (Å²) in [6, 6.07) is 19.1. The Balaban J connectivity index is 1.21. The topological polar surface area (TPSA) is 75.7 Å². The number of furan rings is 1. The molecule has 6 rings (SSSR count). The van der Waals surface area contributed by atoms with E-state index >= 15 is 0 Å². The number of hydrogen-bond acceptors (Lipinski definition) is 5. The molecular formula is C26H21BClN5O2. The minimum atomic E-state index is -0.0770. The van der Waals surface area contributed by atoms with E-state index in [4.69, 9.17) is 28.8 Å². The van der Waals surface area contributed by atoms with Crippen molar-refractivity contribution in [2.24, 2.45) is 0 Å². The lowest BCUT2D eigenvalue weighted by Gasteiger charge is -2.32. The zero-order valence-corrected chi connectivity index (χ0v) is 19.6. The van der Waals surface area contributed by atoms with Gasteiger partial charge in [-0.1, -0.05) is 48.0 Å². The van der Waals surface area contributed by atoms with Crippen molar-refractivity contribution in [2.75, 3.05) is 18.4 Å². The third-order valence-electron chi connectivity index (χ3n) is 6.42. The lowest BCUT2D eigenvalue weighted by atomic mass is 10.0. The van der Waals surface area contributed by atoms with Crippen molar-refractivity contribution >= 4 is 53.3 Å². The van der Waals surface area contributed by atoms with Crippen LogP contribution in [0.25, 0.3) is 27.9 Å². The molecule has 0 spiro atoms. The molecule has 5 aromatic rings. The van der Waals surface area contributed by atoms with Gasteiger partial charge in [0.25, 0.3) is 5.91 Å². The zero-order chi connectivity index (χ0) is 23.9. The first-order valence-corrected chi connectivity index (χ1v) is 11.9. The molecule has 172 valence electrons. The van der Waals surface area contributed by atoms with E-state index in [2.05, 4.69) is 10.4 Å². The van der Waals surface area contributed by atoms with Crippen molar-refractivity contribution in [2.45, 2.75) is 18.9 Å². The molecule has 2 radical (unpaired) electrons. The normalized spacial score (nSPS) is 14.6. The first-order chi connectivity index (χ1) is 17.1. The first kappa shape index (κ1) is 21.7. The van der Waals surface area contributed by atoms with E-state index in [1.807, 2.05) is 65.6 Å². The van der Waals surface area contributed by atoms with Gasteiger partial charge in [-0.05, 0) is 36.5 Å². The number of rotatable bonds is 4. The molecule has 4 heterocycles. The average Bonchev–Trinajstić information content (AvgIpc) is 3.48. The third kappa shape index (κ3) is 4.04. The number of anilines is 1. The van der Waals surface area contributed by atoms with E-state index in [0.29, 0.717) is 35.0 Å². The van der Waals surface area contributed by atoms with Crippen LogP contribution in [-0.4, -0.2) is 52.4 Å². The fourth-order valence-electron chi connectivity index (χ4n) is 4.57. The number of fused-ring (bicyclic) bond motifs is 2. The van der Waals surface area contributed by atoms with Crippen molar-refractivity contribution in [1.82, 2.24) is 19.5 Å². The van der Waals surface area contributed by atoms with Crippen molar-refractivity contribution in [3.8, 4) is 11.3 Å². The number of carbonyl (C=O) groups is 1. The van der Waals surface area contributed by atoms with Gasteiger partial charge in [0.1, 0.15) is 19.2 Å². The van der Waals surface area contributed by atoms with Crippen molar-refractivity contribution < 1.29 is 9.21 Å². The Labute approximate surface area is 208 Å². The Bertz CT molecular complexity index is 1520. The molecule has 35 heavy (non-hydrogen) atoms. The zero-order valence-electron chi connectivity index (χ0n) is 18.8. The maximum Gasteiger partial charge on any atom is 0.289 e. The summed E-state index contributed by atoms with van der Waals surface area (Å²) in [7, 11) is 6.14. The average molecular weight is 482 g/mol. The van der Waals surface area contributed by atoms with Gasteiger partial charge >= 0.3 is 0 Å². The van der Waals surface area contributed by atoms with Crippen molar-refractivity contribution in [3.05, 3.63) is 77.6 Å². The number of aromatic nitrogens is 3. The number of nitrogens with zero attached hydrogens (tertiary/aromatic N) is 4. The molecule has 0 unspecified atom stereocenters. The first-order valence-electron chi connectivity index (χ1n) is 11.5. The molecule has 1 aliphatic heterocycles. The van der Waals surface area contributed by atoms with E-state index in [1.165, 1.54) is 0 Å². The molecule has 0 bridgehead atoms. The van der Waals surface area contributed by atoms with E-state index < -0.39 is 0 Å². The molecule has 0 aliphatic carbocycles. The van der Waals surface area contributed by atoms with E-state index in [-0.39, 0.29) is 11.9 Å². The molecule has 1 amide bonds. The maximum absolute atomic E-state index is 13.0. The summed E-state index contributed by atoms with van der Waals surface area (Å²) in [4.78, 5) is 19.5. The molecule has 1 saturated heterocycles. The number of nitrogens with one attached hydrogen (secondary N) is 1. The van der Waals surface area contributed by atoms with E-state index in [1.54, 1.807) is 10.7 Å². The number of piperidine rings is 1. The van der Waals surface area contributed by atoms with Gasteiger partial charge < -0.3 is 14.6 Å². The Morgan fingerprint density at radius 2 is 1.86 bits per heavy atom. The highest BCUT2D eigenvalue weighted by atomic mass is 35.5. The molecule has 0 atom stereocenters. The van der Waals surface area contributed by atoms with Gasteiger partial charge in [-0.2, -0.15) is 9.61 Å². The fourth-order valence-corrected chi connectivity index (χ4v) is 4.80. The summed E-state index contributed by atoms with van der Waals surface area (Å²) in [5.74, 6) is 1.08. The summed E-state index contributed by atoms with van der Waals surface area (Å²) in [6.07, 6.45) is 3.17. The molecule has 9 heteroatoms. The number of para-hydroxylation sites is 1. The Morgan fingerprint density at radius 3 is 2.66 bits per heavy atom. The maximum atomic E-state index is 13.0. The second kappa shape index (κ2) is 8.78. The third-order valence-corrected chi connectivity index (χ3v) is 6.75. The number of halogens is 1. The van der Waals surface area contributed by atoms with Gasteiger partial charge in [-0.3, -0.25) is 4.79 Å². The van der Waals surface area contributed by atoms with Gasteiger partial charge in [0, 0.05) is 47.4 Å². The van der Waals surface area contributed by atoms with Crippen LogP contribution in [0.4, 0.5) is 5.82 Å². The molecule has 1 N–H and O–H groups in total. The number of amides is 1. The number of carbonyl (C=O) groups excluding carboxylic acids is 1. The Kier molecular flexibility index (Phi) is 5.45. The monoisotopic (exact) mass is 481 g/mol. The lowest BCUT2D eigenvalue weighted by molar-refractivity contribution is 0.0688. The van der Waals surface area contributed by atoms with Crippen LogP contribution in [0.15, 0.2) is 71.3 Å². The summed E-state index contributed by atoms with van der Waals surface area (Å²) >= 11 is 6.43. The van der Waals surface area contributed by atoms with Gasteiger partial charge in [0.05, 0.1) is 5.69 Å². The van der Waals surface area contributed by atoms with Crippen LogP contribution in [0.2, 0.25) is 5.02 Å². The second-order valence-corrected chi connectivity index (χ2v) is 9.11. The molecule has 2 aromatic carbocycles. The van der Waals surface area contributed by atoms with Crippen LogP contribution < -0.4 is 10.8 Å². The number of hydrogen-bond donors (Lipinski definition) is 1. The predicted molar refractivity (Wildman–Crippen MR) is 138 cm³/mol. The lowest BCUT2D eigenvalue weighted by Crippen LogP contribution is -2.42. The molecule has 0 saturated carbocycles. The van der Waals surface area contributed by atoms with Gasteiger partial charge in [0.2, 0.25) is 0 Å². The fraction of sp³-hybridized carbons (Fsp3) is 0.192. The summed E-state index contributed by atoms with van der Waals surface area (Å²) in [6.45, 7) is 1.25. The predicted octanol–water partition coefficient (Wildman–Crippen LogP) is 4.31. The second-order valence-electron chi connectivity index (χ2n) is 8.70. The number of likely N-dealkylation sites (tertiary alicyclic amines) is 1. The van der Waals surface area contributed by atoms with Crippen molar-refractivity contribution in [3.63, 3.8) is 0 Å². The van der Waals surface area contributed by atoms with E-state index in [9.17, 15) is 4.79 Å². The van der Waals surface area contributed by atoms with Crippen LogP contribution in [0.5, 0.6) is 0 Å². The molecule has 1 fully saturated rings. The summed E-state index contributed by atoms with van der Waals surface area (Å²) in [5, 5.41) is 9.54. The van der Waals surface area contributed by atoms with Gasteiger partial charge in [0.15, 0.2) is 11.4 Å². The van der Waals surface area contributed by atoms with Gasteiger partial charge in [-0.15, -0.1) is 0 Å². The van der Waals surface area contributed by atoms with Crippen molar-refractivity contribution in [1.29, 1.82) is 0 Å². The molecular weight excluding hydrogens is 461 g/mol. The highest BCUT2D eigenvalue weighted by Gasteiger charge is 2.26. The highest BCUT2D eigenvalue weighted by Crippen LogP contribution is 2.29. The van der Waals surface area contributed by atoms with E-state index in [0.717, 1.165) is 40.9 Å². The minimum absolute atomic E-state index is 0.0770.